The first-order chi connectivity index (χ1) is 30.3. The van der Waals surface area contributed by atoms with Crippen LogP contribution in [0.1, 0.15) is 28.8 Å². The first-order valence-electron chi connectivity index (χ1n) is 21.0. The third-order valence-electron chi connectivity index (χ3n) is 12.5. The van der Waals surface area contributed by atoms with Crippen molar-refractivity contribution in [1.29, 1.82) is 0 Å². The quantitative estimate of drug-likeness (QED) is 0.158. The Morgan fingerprint density at radius 2 is 0.721 bits per heavy atom. The van der Waals surface area contributed by atoms with Crippen LogP contribution in [0.2, 0.25) is 0 Å². The summed E-state index contributed by atoms with van der Waals surface area (Å²) in [6, 6.07) is 83.2. The molecule has 12 rings (SSSR count). The summed E-state index contributed by atoms with van der Waals surface area (Å²) in [4.78, 5) is 8.01. The zero-order valence-corrected chi connectivity index (χ0v) is 33.4. The molecule has 0 amide bonds. The van der Waals surface area contributed by atoms with Gasteiger partial charge in [-0.1, -0.05) is 158 Å². The minimum absolute atomic E-state index is 0.00964. The van der Waals surface area contributed by atoms with Gasteiger partial charge in [0.15, 0.2) is 0 Å². The lowest BCUT2D eigenvalue weighted by Gasteiger charge is -2.31. The van der Waals surface area contributed by atoms with Crippen molar-refractivity contribution in [1.82, 2.24) is 9.13 Å². The lowest BCUT2D eigenvalue weighted by molar-refractivity contribution is 0.612. The van der Waals surface area contributed by atoms with E-state index < -0.39 is 0 Å². The van der Waals surface area contributed by atoms with E-state index in [1.165, 1.54) is 65.9 Å². The number of rotatable bonds is 7. The van der Waals surface area contributed by atoms with Crippen LogP contribution in [0.5, 0.6) is 0 Å². The molecule has 0 spiro atoms. The Balaban J connectivity index is 0.991. The standard InChI is InChI=1S/C57H40N4/c1-5-17-39(18-6-1)55-56(40-19-7-2-8-20-40)61(45-23-11-4-12-24-45)57(58-55)41-29-33-46(34-30-41)60-52-28-16-14-26-48(52)50-36-32-43(38-54(50)60)42-31-35-49-47-25-13-15-27-51(47)59(53(49)37-42)44-21-9-3-10-22-44/h1-38,55-56H. The van der Waals surface area contributed by atoms with Crippen LogP contribution < -0.4 is 4.90 Å². The Labute approximate surface area is 354 Å². The second kappa shape index (κ2) is 14.4. The molecule has 4 heteroatoms. The summed E-state index contributed by atoms with van der Waals surface area (Å²) < 4.78 is 4.81. The monoisotopic (exact) mass is 780 g/mol. The van der Waals surface area contributed by atoms with Gasteiger partial charge in [0, 0.05) is 44.2 Å². The van der Waals surface area contributed by atoms with Crippen LogP contribution in [0.3, 0.4) is 0 Å². The van der Waals surface area contributed by atoms with Crippen molar-refractivity contribution in [2.75, 3.05) is 4.90 Å². The van der Waals surface area contributed by atoms with Gasteiger partial charge in [-0.15, -0.1) is 0 Å². The fourth-order valence-electron chi connectivity index (χ4n) is 9.70. The van der Waals surface area contributed by atoms with Gasteiger partial charge < -0.3 is 14.0 Å². The second-order valence-corrected chi connectivity index (χ2v) is 15.9. The zero-order valence-electron chi connectivity index (χ0n) is 33.4. The molecule has 1 aliphatic rings. The number of hydrogen-bond donors (Lipinski definition) is 0. The summed E-state index contributed by atoms with van der Waals surface area (Å²) in [5.74, 6) is 0.966. The molecule has 0 N–H and O–H groups in total. The molecule has 2 unspecified atom stereocenters. The molecule has 2 atom stereocenters. The molecular formula is C57H40N4. The summed E-state index contributed by atoms with van der Waals surface area (Å²) >= 11 is 0. The molecule has 61 heavy (non-hydrogen) atoms. The number of para-hydroxylation sites is 4. The molecule has 0 aliphatic carbocycles. The normalized spacial score (nSPS) is 15.3. The van der Waals surface area contributed by atoms with E-state index in [-0.39, 0.29) is 12.1 Å². The Morgan fingerprint density at radius 3 is 1.26 bits per heavy atom. The molecule has 1 aliphatic heterocycles. The van der Waals surface area contributed by atoms with Crippen LogP contribution >= 0.6 is 0 Å². The molecule has 9 aromatic carbocycles. The van der Waals surface area contributed by atoms with Crippen LogP contribution in [-0.2, 0) is 0 Å². The van der Waals surface area contributed by atoms with Crippen molar-refractivity contribution in [3.8, 4) is 22.5 Å². The van der Waals surface area contributed by atoms with E-state index in [1.807, 2.05) is 0 Å². The summed E-state index contributed by atoms with van der Waals surface area (Å²) in [6.07, 6.45) is 0. The van der Waals surface area contributed by atoms with E-state index in [0.717, 1.165) is 28.5 Å². The average Bonchev–Trinajstić information content (AvgIpc) is 4.01. The van der Waals surface area contributed by atoms with E-state index in [0.29, 0.717) is 0 Å². The number of hydrogen-bond acceptors (Lipinski definition) is 2. The maximum atomic E-state index is 5.58. The zero-order chi connectivity index (χ0) is 40.3. The molecule has 0 radical (unpaired) electrons. The van der Waals surface area contributed by atoms with E-state index in [9.17, 15) is 0 Å². The number of anilines is 1. The number of aliphatic imine (C=N–C) groups is 1. The molecular weight excluding hydrogens is 741 g/mol. The molecule has 4 nitrogen and oxygen atoms in total. The summed E-state index contributed by atoms with van der Waals surface area (Å²) in [7, 11) is 0. The van der Waals surface area contributed by atoms with Gasteiger partial charge in [-0.3, -0.25) is 4.99 Å². The highest BCUT2D eigenvalue weighted by Gasteiger charge is 2.39. The van der Waals surface area contributed by atoms with Crippen molar-refractivity contribution < 1.29 is 0 Å². The van der Waals surface area contributed by atoms with Crippen LogP contribution in [0, 0.1) is 0 Å². The van der Waals surface area contributed by atoms with Crippen molar-refractivity contribution in [3.05, 3.63) is 247 Å². The molecule has 288 valence electrons. The number of fused-ring (bicyclic) bond motifs is 6. The Morgan fingerprint density at radius 1 is 0.311 bits per heavy atom. The van der Waals surface area contributed by atoms with E-state index in [4.69, 9.17) is 4.99 Å². The van der Waals surface area contributed by atoms with Crippen molar-refractivity contribution in [2.24, 2.45) is 4.99 Å². The van der Waals surface area contributed by atoms with Crippen molar-refractivity contribution >= 4 is 55.1 Å². The number of amidine groups is 1. The van der Waals surface area contributed by atoms with Gasteiger partial charge in [-0.05, 0) is 95.1 Å². The van der Waals surface area contributed by atoms with Gasteiger partial charge in [0.25, 0.3) is 0 Å². The summed E-state index contributed by atoms with van der Waals surface area (Å²) in [5.41, 5.74) is 14.0. The topological polar surface area (TPSA) is 25.5 Å². The van der Waals surface area contributed by atoms with E-state index >= 15 is 0 Å². The number of nitrogens with zero attached hydrogens (tertiary/aromatic N) is 4. The van der Waals surface area contributed by atoms with Crippen molar-refractivity contribution in [3.63, 3.8) is 0 Å². The minimum atomic E-state index is -0.0811. The molecule has 0 bridgehead atoms. The van der Waals surface area contributed by atoms with Gasteiger partial charge in [0.05, 0.1) is 28.1 Å². The number of benzene rings is 9. The smallest absolute Gasteiger partial charge is 0.136 e. The predicted octanol–water partition coefficient (Wildman–Crippen LogP) is 14.3. The van der Waals surface area contributed by atoms with Gasteiger partial charge in [-0.25, -0.2) is 0 Å². The lowest BCUT2D eigenvalue weighted by Crippen LogP contribution is -2.32. The number of aromatic nitrogens is 2. The third-order valence-corrected chi connectivity index (χ3v) is 12.5. The Bertz CT molecular complexity index is 3400. The van der Waals surface area contributed by atoms with Crippen LogP contribution in [0.15, 0.2) is 236 Å². The van der Waals surface area contributed by atoms with Crippen LogP contribution in [0.4, 0.5) is 5.69 Å². The first kappa shape index (κ1) is 35.0. The molecule has 3 heterocycles. The van der Waals surface area contributed by atoms with Gasteiger partial charge in [0.2, 0.25) is 0 Å². The molecule has 0 saturated heterocycles. The van der Waals surface area contributed by atoms with Crippen molar-refractivity contribution in [2.45, 2.75) is 12.1 Å². The second-order valence-electron chi connectivity index (χ2n) is 15.9. The molecule has 2 aromatic heterocycles. The first-order valence-corrected chi connectivity index (χ1v) is 21.0. The molecule has 0 fully saturated rings. The molecule has 11 aromatic rings. The van der Waals surface area contributed by atoms with Crippen LogP contribution in [-0.4, -0.2) is 15.0 Å². The maximum absolute atomic E-state index is 5.58. The average molecular weight is 781 g/mol. The highest BCUT2D eigenvalue weighted by Crippen LogP contribution is 2.46. The SMILES string of the molecule is c1ccc(C2N=C(c3ccc(-n4c5ccccc5c5ccc(-c6ccc7c8ccccc8n(-c8ccccc8)c7c6)cc54)cc3)N(c3ccccc3)C2c2ccccc2)cc1. The largest absolute Gasteiger partial charge is 0.316 e. The Kier molecular flexibility index (Phi) is 8.27. The fourth-order valence-corrected chi connectivity index (χ4v) is 9.70. The predicted molar refractivity (Wildman–Crippen MR) is 254 cm³/mol. The Hall–Kier alpha value is -7.95. The highest BCUT2D eigenvalue weighted by molar-refractivity contribution is 6.14. The summed E-state index contributed by atoms with van der Waals surface area (Å²) in [5, 5.41) is 4.98. The van der Waals surface area contributed by atoms with Gasteiger partial charge in [-0.2, -0.15) is 0 Å². The van der Waals surface area contributed by atoms with Gasteiger partial charge in [0.1, 0.15) is 11.9 Å². The lowest BCUT2D eigenvalue weighted by atomic mass is 9.93. The molecule has 0 saturated carbocycles. The van der Waals surface area contributed by atoms with Crippen LogP contribution in [0.25, 0.3) is 66.1 Å². The van der Waals surface area contributed by atoms with Gasteiger partial charge >= 0.3 is 0 Å². The highest BCUT2D eigenvalue weighted by atomic mass is 15.3. The minimum Gasteiger partial charge on any atom is -0.316 e. The summed E-state index contributed by atoms with van der Waals surface area (Å²) in [6.45, 7) is 0. The fraction of sp³-hybridized carbons (Fsp3) is 0.0351. The maximum Gasteiger partial charge on any atom is 0.136 e. The van der Waals surface area contributed by atoms with E-state index in [1.54, 1.807) is 0 Å². The third kappa shape index (κ3) is 5.79. The van der Waals surface area contributed by atoms with E-state index in [2.05, 4.69) is 245 Å².